The molecule has 6 heteroatoms. The van der Waals surface area contributed by atoms with E-state index < -0.39 is 0 Å². The molecule has 0 bridgehead atoms. The standard InChI is InChI=1S/C21H15N5O/c1-14-19(21-26-25-20(27-21)16-8-3-2-4-9-16)24-18(13-23-14)17-10-6-5-7-15(17)11-12-22/h2-10,13H,11H2,1H3. The molecule has 2 aromatic heterocycles. The molecule has 0 fully saturated rings. The largest absolute Gasteiger partial charge is 0.415 e. The highest BCUT2D eigenvalue weighted by Crippen LogP contribution is 2.28. The Balaban J connectivity index is 1.77. The third-order valence-electron chi connectivity index (χ3n) is 4.17. The van der Waals surface area contributed by atoms with Gasteiger partial charge in [0.25, 0.3) is 5.89 Å². The summed E-state index contributed by atoms with van der Waals surface area (Å²) in [7, 11) is 0. The van der Waals surface area contributed by atoms with Crippen LogP contribution in [-0.2, 0) is 6.42 Å². The Hall–Kier alpha value is -3.85. The van der Waals surface area contributed by atoms with Gasteiger partial charge in [0.2, 0.25) is 5.89 Å². The molecule has 130 valence electrons. The van der Waals surface area contributed by atoms with Crippen LogP contribution in [0.4, 0.5) is 0 Å². The first-order valence-electron chi connectivity index (χ1n) is 8.44. The molecule has 0 saturated heterocycles. The van der Waals surface area contributed by atoms with Crippen molar-refractivity contribution < 1.29 is 4.42 Å². The molecule has 2 aromatic carbocycles. The smallest absolute Gasteiger partial charge is 0.268 e. The predicted octanol–water partition coefficient (Wildman–Crippen LogP) is 4.24. The van der Waals surface area contributed by atoms with Gasteiger partial charge in [-0.05, 0) is 24.6 Å². The van der Waals surface area contributed by atoms with E-state index in [0.717, 1.165) is 16.7 Å². The van der Waals surface area contributed by atoms with E-state index in [0.29, 0.717) is 35.3 Å². The van der Waals surface area contributed by atoms with Crippen molar-refractivity contribution in [3.63, 3.8) is 0 Å². The molecule has 0 spiro atoms. The lowest BCUT2D eigenvalue weighted by atomic mass is 10.0. The van der Waals surface area contributed by atoms with Gasteiger partial charge >= 0.3 is 0 Å². The summed E-state index contributed by atoms with van der Waals surface area (Å²) < 4.78 is 5.83. The van der Waals surface area contributed by atoms with Crippen molar-refractivity contribution >= 4 is 0 Å². The Bertz CT molecular complexity index is 1130. The highest BCUT2D eigenvalue weighted by Gasteiger charge is 2.16. The fourth-order valence-electron chi connectivity index (χ4n) is 2.81. The van der Waals surface area contributed by atoms with Crippen LogP contribution in [0.3, 0.4) is 0 Å². The molecule has 0 aliphatic heterocycles. The van der Waals surface area contributed by atoms with Crippen LogP contribution >= 0.6 is 0 Å². The maximum absolute atomic E-state index is 9.06. The number of aryl methyl sites for hydroxylation is 1. The molecular formula is C21H15N5O. The van der Waals surface area contributed by atoms with Crippen molar-refractivity contribution in [2.45, 2.75) is 13.3 Å². The molecule has 0 amide bonds. The number of nitrogens with zero attached hydrogens (tertiary/aromatic N) is 5. The summed E-state index contributed by atoms with van der Waals surface area (Å²) in [5.74, 6) is 0.751. The molecule has 0 unspecified atom stereocenters. The van der Waals surface area contributed by atoms with Crippen LogP contribution in [0.5, 0.6) is 0 Å². The lowest BCUT2D eigenvalue weighted by Gasteiger charge is -2.08. The number of hydrogen-bond acceptors (Lipinski definition) is 6. The van der Waals surface area contributed by atoms with E-state index in [1.54, 1.807) is 6.20 Å². The van der Waals surface area contributed by atoms with Gasteiger partial charge in [0.15, 0.2) is 0 Å². The molecular weight excluding hydrogens is 338 g/mol. The summed E-state index contributed by atoms with van der Waals surface area (Å²) in [6, 6.07) is 19.4. The molecule has 0 aliphatic carbocycles. The molecule has 0 radical (unpaired) electrons. The van der Waals surface area contributed by atoms with Crippen LogP contribution in [0.25, 0.3) is 34.3 Å². The number of rotatable bonds is 4. The Morgan fingerprint density at radius 2 is 1.70 bits per heavy atom. The average Bonchev–Trinajstić information content (AvgIpc) is 3.20. The summed E-state index contributed by atoms with van der Waals surface area (Å²) in [5.41, 5.74) is 4.52. The summed E-state index contributed by atoms with van der Waals surface area (Å²) in [6.45, 7) is 1.85. The monoisotopic (exact) mass is 353 g/mol. The molecule has 0 aliphatic rings. The van der Waals surface area contributed by atoms with E-state index in [1.165, 1.54) is 0 Å². The quantitative estimate of drug-likeness (QED) is 0.545. The third kappa shape index (κ3) is 3.31. The van der Waals surface area contributed by atoms with E-state index in [-0.39, 0.29) is 0 Å². The number of benzene rings is 2. The molecule has 6 nitrogen and oxygen atoms in total. The summed E-state index contributed by atoms with van der Waals surface area (Å²) in [6.07, 6.45) is 2.00. The second-order valence-corrected chi connectivity index (χ2v) is 5.96. The van der Waals surface area contributed by atoms with Gasteiger partial charge in [0.05, 0.1) is 30.1 Å². The van der Waals surface area contributed by atoms with E-state index in [4.69, 9.17) is 14.7 Å². The second-order valence-electron chi connectivity index (χ2n) is 5.96. The highest BCUT2D eigenvalue weighted by molar-refractivity contribution is 5.66. The van der Waals surface area contributed by atoms with Crippen LogP contribution in [-0.4, -0.2) is 20.2 Å². The summed E-state index contributed by atoms with van der Waals surface area (Å²) >= 11 is 0. The lowest BCUT2D eigenvalue weighted by molar-refractivity contribution is 0.581. The lowest BCUT2D eigenvalue weighted by Crippen LogP contribution is -1.97. The van der Waals surface area contributed by atoms with Gasteiger partial charge in [-0.15, -0.1) is 10.2 Å². The van der Waals surface area contributed by atoms with Gasteiger partial charge in [0, 0.05) is 11.1 Å². The Labute approximate surface area is 156 Å². The molecule has 0 N–H and O–H groups in total. The van der Waals surface area contributed by atoms with Crippen LogP contribution in [0.15, 0.2) is 65.2 Å². The summed E-state index contributed by atoms with van der Waals surface area (Å²) in [4.78, 5) is 9.14. The van der Waals surface area contributed by atoms with Gasteiger partial charge in [0.1, 0.15) is 5.69 Å². The number of hydrogen-bond donors (Lipinski definition) is 0. The van der Waals surface area contributed by atoms with Gasteiger partial charge in [-0.3, -0.25) is 4.98 Å². The van der Waals surface area contributed by atoms with Gasteiger partial charge in [-0.2, -0.15) is 5.26 Å². The maximum Gasteiger partial charge on any atom is 0.268 e. The minimum absolute atomic E-state index is 0.305. The molecule has 0 saturated carbocycles. The number of aromatic nitrogens is 4. The fourth-order valence-corrected chi connectivity index (χ4v) is 2.81. The molecule has 27 heavy (non-hydrogen) atoms. The van der Waals surface area contributed by atoms with Gasteiger partial charge in [-0.25, -0.2) is 4.98 Å². The van der Waals surface area contributed by atoms with Crippen LogP contribution < -0.4 is 0 Å². The Morgan fingerprint density at radius 1 is 0.963 bits per heavy atom. The molecule has 0 atom stereocenters. The molecule has 4 rings (SSSR count). The van der Waals surface area contributed by atoms with Crippen molar-refractivity contribution in [2.24, 2.45) is 0 Å². The van der Waals surface area contributed by atoms with E-state index >= 15 is 0 Å². The first-order valence-corrected chi connectivity index (χ1v) is 8.44. The first kappa shape index (κ1) is 16.6. The van der Waals surface area contributed by atoms with Crippen LogP contribution in [0.1, 0.15) is 11.3 Å². The second kappa shape index (κ2) is 7.18. The van der Waals surface area contributed by atoms with Crippen molar-refractivity contribution in [2.75, 3.05) is 0 Å². The summed E-state index contributed by atoms with van der Waals surface area (Å²) in [5, 5.41) is 17.3. The van der Waals surface area contributed by atoms with E-state index in [9.17, 15) is 0 Å². The topological polar surface area (TPSA) is 88.5 Å². The predicted molar refractivity (Wildman–Crippen MR) is 100 cm³/mol. The van der Waals surface area contributed by atoms with E-state index in [1.807, 2.05) is 61.5 Å². The zero-order valence-electron chi connectivity index (χ0n) is 14.6. The first-order chi connectivity index (χ1) is 13.3. The van der Waals surface area contributed by atoms with Crippen molar-refractivity contribution in [1.82, 2.24) is 20.2 Å². The minimum Gasteiger partial charge on any atom is -0.415 e. The van der Waals surface area contributed by atoms with Gasteiger partial charge in [-0.1, -0.05) is 42.5 Å². The Morgan fingerprint density at radius 3 is 2.52 bits per heavy atom. The fraction of sp³-hybridized carbons (Fsp3) is 0.0952. The van der Waals surface area contributed by atoms with Crippen molar-refractivity contribution in [3.8, 4) is 40.4 Å². The van der Waals surface area contributed by atoms with E-state index in [2.05, 4.69) is 21.3 Å². The zero-order valence-corrected chi connectivity index (χ0v) is 14.6. The zero-order chi connectivity index (χ0) is 18.6. The normalized spacial score (nSPS) is 10.5. The SMILES string of the molecule is Cc1ncc(-c2ccccc2CC#N)nc1-c1nnc(-c2ccccc2)o1. The van der Waals surface area contributed by atoms with Crippen molar-refractivity contribution in [1.29, 1.82) is 5.26 Å². The molecule has 4 aromatic rings. The average molecular weight is 353 g/mol. The van der Waals surface area contributed by atoms with Crippen LogP contribution in [0, 0.1) is 18.3 Å². The maximum atomic E-state index is 9.06. The molecule has 2 heterocycles. The third-order valence-corrected chi connectivity index (χ3v) is 4.17. The highest BCUT2D eigenvalue weighted by atomic mass is 16.4. The van der Waals surface area contributed by atoms with Gasteiger partial charge < -0.3 is 4.42 Å². The Kier molecular flexibility index (Phi) is 4.42. The minimum atomic E-state index is 0.305. The van der Waals surface area contributed by atoms with Crippen molar-refractivity contribution in [3.05, 3.63) is 72.1 Å². The van der Waals surface area contributed by atoms with Crippen LogP contribution in [0.2, 0.25) is 0 Å². The number of nitriles is 1.